The Morgan fingerprint density at radius 1 is 1.10 bits per heavy atom. The molecule has 1 aliphatic heterocycles. The highest BCUT2D eigenvalue weighted by Gasteiger charge is 2.15. The Kier molecular flexibility index (Phi) is 3.39. The van der Waals surface area contributed by atoms with Gasteiger partial charge in [-0.25, -0.2) is 9.82 Å². The molecule has 0 bridgehead atoms. The average molecular weight is 283 g/mol. The zero-order valence-corrected chi connectivity index (χ0v) is 11.3. The monoisotopic (exact) mass is 283 g/mol. The number of para-hydroxylation sites is 1. The first-order valence-corrected chi connectivity index (χ1v) is 6.65. The van der Waals surface area contributed by atoms with Crippen molar-refractivity contribution in [2.45, 2.75) is 12.8 Å². The van der Waals surface area contributed by atoms with Crippen molar-refractivity contribution in [3.63, 3.8) is 0 Å². The number of hydrogen-bond acceptors (Lipinski definition) is 3. The van der Waals surface area contributed by atoms with Crippen molar-refractivity contribution in [2.75, 3.05) is 5.73 Å². The lowest BCUT2D eigenvalue weighted by Crippen LogP contribution is -2.25. The summed E-state index contributed by atoms with van der Waals surface area (Å²) in [5.41, 5.74) is 11.3. The zero-order valence-electron chi connectivity index (χ0n) is 11.3. The van der Waals surface area contributed by atoms with Gasteiger partial charge in [0, 0.05) is 35.2 Å². The molecule has 0 saturated carbocycles. The lowest BCUT2D eigenvalue weighted by molar-refractivity contribution is -0.121. The second kappa shape index (κ2) is 5.36. The van der Waals surface area contributed by atoms with Crippen molar-refractivity contribution in [2.24, 2.45) is 5.10 Å². The number of rotatable bonds is 2. The van der Waals surface area contributed by atoms with Crippen molar-refractivity contribution in [3.8, 4) is 11.1 Å². The van der Waals surface area contributed by atoms with Crippen molar-refractivity contribution in [3.05, 3.63) is 53.8 Å². The minimum atomic E-state index is -0.356. The minimum absolute atomic E-state index is 0.118. The summed E-state index contributed by atoms with van der Waals surface area (Å²) < 4.78 is 14.3. The number of nitrogens with one attached hydrogen (secondary N) is 1. The number of halogens is 1. The van der Waals surface area contributed by atoms with Gasteiger partial charge >= 0.3 is 0 Å². The van der Waals surface area contributed by atoms with Gasteiger partial charge in [-0.2, -0.15) is 5.10 Å². The van der Waals surface area contributed by atoms with Gasteiger partial charge in [-0.05, 0) is 12.1 Å². The van der Waals surface area contributed by atoms with E-state index in [9.17, 15) is 9.18 Å². The molecule has 0 aliphatic carbocycles. The smallest absolute Gasteiger partial charge is 0.240 e. The van der Waals surface area contributed by atoms with Gasteiger partial charge < -0.3 is 5.73 Å². The van der Waals surface area contributed by atoms with E-state index in [2.05, 4.69) is 10.5 Å². The van der Waals surface area contributed by atoms with Crippen LogP contribution in [0.15, 0.2) is 47.6 Å². The van der Waals surface area contributed by atoms with Crippen LogP contribution >= 0.6 is 0 Å². The number of carbonyl (C=O) groups is 1. The maximum Gasteiger partial charge on any atom is 0.240 e. The SMILES string of the molecule is Nc1ccccc1-c1ccc(C2=NNC(=O)CC2)cc1F. The lowest BCUT2D eigenvalue weighted by Gasteiger charge is -2.13. The van der Waals surface area contributed by atoms with Crippen LogP contribution in [0.2, 0.25) is 0 Å². The van der Waals surface area contributed by atoms with E-state index < -0.39 is 0 Å². The van der Waals surface area contributed by atoms with Crippen LogP contribution in [-0.4, -0.2) is 11.6 Å². The second-order valence-electron chi connectivity index (χ2n) is 4.88. The van der Waals surface area contributed by atoms with Gasteiger partial charge in [-0.1, -0.05) is 30.3 Å². The third-order valence-corrected chi connectivity index (χ3v) is 3.46. The molecule has 2 aromatic rings. The predicted molar refractivity (Wildman–Crippen MR) is 80.2 cm³/mol. The molecule has 0 spiro atoms. The van der Waals surface area contributed by atoms with Gasteiger partial charge in [0.05, 0.1) is 5.71 Å². The van der Waals surface area contributed by atoms with Crippen molar-refractivity contribution < 1.29 is 9.18 Å². The topological polar surface area (TPSA) is 67.5 Å². The van der Waals surface area contributed by atoms with Gasteiger partial charge in [-0.15, -0.1) is 0 Å². The van der Waals surface area contributed by atoms with Crippen LogP contribution in [0.4, 0.5) is 10.1 Å². The summed E-state index contributed by atoms with van der Waals surface area (Å²) in [5.74, 6) is -0.474. The number of nitrogens with two attached hydrogens (primary N) is 1. The Balaban J connectivity index is 1.97. The highest BCUT2D eigenvalue weighted by atomic mass is 19.1. The molecule has 3 N–H and O–H groups in total. The molecule has 0 radical (unpaired) electrons. The van der Waals surface area contributed by atoms with Crippen LogP contribution in [0, 0.1) is 5.82 Å². The third-order valence-electron chi connectivity index (χ3n) is 3.46. The fraction of sp³-hybridized carbons (Fsp3) is 0.125. The van der Waals surface area contributed by atoms with E-state index in [0.717, 1.165) is 0 Å². The number of hydrazone groups is 1. The maximum absolute atomic E-state index is 14.3. The molecule has 3 rings (SSSR count). The fourth-order valence-corrected chi connectivity index (χ4v) is 2.34. The van der Waals surface area contributed by atoms with Gasteiger partial charge in [0.1, 0.15) is 5.82 Å². The molecule has 0 fully saturated rings. The van der Waals surface area contributed by atoms with Crippen LogP contribution in [0.3, 0.4) is 0 Å². The largest absolute Gasteiger partial charge is 0.398 e. The molecular weight excluding hydrogens is 269 g/mol. The number of nitrogens with zero attached hydrogens (tertiary/aromatic N) is 1. The highest BCUT2D eigenvalue weighted by Crippen LogP contribution is 2.29. The van der Waals surface area contributed by atoms with Gasteiger partial charge in [0.25, 0.3) is 0 Å². The zero-order chi connectivity index (χ0) is 14.8. The summed E-state index contributed by atoms with van der Waals surface area (Å²) in [6.45, 7) is 0. The van der Waals surface area contributed by atoms with E-state index in [4.69, 9.17) is 5.73 Å². The van der Waals surface area contributed by atoms with Gasteiger partial charge in [-0.3, -0.25) is 4.79 Å². The number of carbonyl (C=O) groups excluding carboxylic acids is 1. The molecule has 21 heavy (non-hydrogen) atoms. The van der Waals surface area contributed by atoms with E-state index in [1.54, 1.807) is 24.3 Å². The standard InChI is InChI=1S/C16H14FN3O/c17-13-9-10(15-7-8-16(21)20-19-15)5-6-11(13)12-3-1-2-4-14(12)18/h1-6,9H,7-8,18H2,(H,20,21). The Morgan fingerprint density at radius 2 is 1.90 bits per heavy atom. The Bertz CT molecular complexity index is 740. The molecular formula is C16H14FN3O. The molecule has 1 amide bonds. The van der Waals surface area contributed by atoms with E-state index in [1.807, 2.05) is 12.1 Å². The first kappa shape index (κ1) is 13.3. The summed E-state index contributed by atoms with van der Waals surface area (Å²) in [5, 5.41) is 3.97. The van der Waals surface area contributed by atoms with Crippen LogP contribution in [-0.2, 0) is 4.79 Å². The molecule has 5 heteroatoms. The van der Waals surface area contributed by atoms with Crippen molar-refractivity contribution in [1.29, 1.82) is 0 Å². The van der Waals surface area contributed by atoms with E-state index in [1.165, 1.54) is 6.07 Å². The Hall–Kier alpha value is -2.69. The summed E-state index contributed by atoms with van der Waals surface area (Å²) >= 11 is 0. The minimum Gasteiger partial charge on any atom is -0.398 e. The van der Waals surface area contributed by atoms with E-state index in [0.29, 0.717) is 40.9 Å². The summed E-state index contributed by atoms with van der Waals surface area (Å²) in [6.07, 6.45) is 0.881. The summed E-state index contributed by atoms with van der Waals surface area (Å²) in [4.78, 5) is 11.1. The molecule has 0 atom stereocenters. The second-order valence-corrected chi connectivity index (χ2v) is 4.88. The van der Waals surface area contributed by atoms with Crippen molar-refractivity contribution in [1.82, 2.24) is 5.43 Å². The van der Waals surface area contributed by atoms with Crippen LogP contribution in [0.1, 0.15) is 18.4 Å². The van der Waals surface area contributed by atoms with Crippen LogP contribution in [0.25, 0.3) is 11.1 Å². The summed E-state index contributed by atoms with van der Waals surface area (Å²) in [7, 11) is 0. The quantitative estimate of drug-likeness (QED) is 0.832. The van der Waals surface area contributed by atoms with E-state index >= 15 is 0 Å². The van der Waals surface area contributed by atoms with Crippen LogP contribution in [0.5, 0.6) is 0 Å². The molecule has 0 saturated heterocycles. The molecule has 0 unspecified atom stereocenters. The van der Waals surface area contributed by atoms with Crippen LogP contribution < -0.4 is 11.2 Å². The number of anilines is 1. The molecule has 0 aromatic heterocycles. The molecule has 106 valence electrons. The van der Waals surface area contributed by atoms with Crippen molar-refractivity contribution >= 4 is 17.3 Å². The molecule has 1 aliphatic rings. The molecule has 4 nitrogen and oxygen atoms in total. The van der Waals surface area contributed by atoms with E-state index in [-0.39, 0.29) is 11.7 Å². The third kappa shape index (κ3) is 2.63. The fourth-order valence-electron chi connectivity index (χ4n) is 2.34. The lowest BCUT2D eigenvalue weighted by atomic mass is 9.98. The average Bonchev–Trinajstić information content (AvgIpc) is 2.49. The number of hydrogen-bond donors (Lipinski definition) is 2. The first-order valence-electron chi connectivity index (χ1n) is 6.65. The normalized spacial score (nSPS) is 14.5. The Morgan fingerprint density at radius 3 is 2.57 bits per heavy atom. The number of amides is 1. The Labute approximate surface area is 121 Å². The van der Waals surface area contributed by atoms with Gasteiger partial charge in [0.2, 0.25) is 5.91 Å². The first-order chi connectivity index (χ1) is 10.1. The molecule has 1 heterocycles. The van der Waals surface area contributed by atoms with Gasteiger partial charge in [0.15, 0.2) is 0 Å². The number of nitrogen functional groups attached to an aromatic ring is 1. The molecule has 2 aromatic carbocycles. The summed E-state index contributed by atoms with van der Waals surface area (Å²) in [6, 6.07) is 12.1. The number of benzene rings is 2. The maximum atomic E-state index is 14.3. The highest BCUT2D eigenvalue weighted by molar-refractivity contribution is 6.04. The predicted octanol–water partition coefficient (Wildman–Crippen LogP) is 2.69.